The zero-order chi connectivity index (χ0) is 25.7. The van der Waals surface area contributed by atoms with Gasteiger partial charge in [-0.2, -0.15) is 20.5 Å². The number of carbonyl (C=O) groups excluding carboxylic acids is 4. The zero-order valence-electron chi connectivity index (χ0n) is 18.3. The molecule has 1 aromatic rings. The van der Waals surface area contributed by atoms with E-state index in [1.807, 2.05) is 0 Å². The normalized spacial score (nSPS) is 11.6. The predicted octanol–water partition coefficient (Wildman–Crippen LogP) is 0.685. The Kier molecular flexibility index (Phi) is 13.1. The number of hydrogen-bond donors (Lipinski definition) is 3. The van der Waals surface area contributed by atoms with E-state index in [2.05, 4.69) is 15.4 Å². The van der Waals surface area contributed by atoms with Gasteiger partial charge in [-0.3, -0.25) is 19.2 Å². The van der Waals surface area contributed by atoms with Crippen molar-refractivity contribution < 1.29 is 46.2 Å². The number of halogens is 4. The van der Waals surface area contributed by atoms with E-state index >= 15 is 0 Å². The van der Waals surface area contributed by atoms with E-state index in [1.165, 1.54) is 0 Å². The molecule has 0 aliphatic rings. The summed E-state index contributed by atoms with van der Waals surface area (Å²) >= 11 is 1.12. The Bertz CT molecular complexity index is 864. The Morgan fingerprint density at radius 2 is 1.71 bits per heavy atom. The third-order valence-electron chi connectivity index (χ3n) is 4.15. The first-order valence-corrected chi connectivity index (χ1v) is 11.2. The lowest BCUT2D eigenvalue weighted by Gasteiger charge is -2.16. The van der Waals surface area contributed by atoms with Crippen molar-refractivity contribution in [2.75, 3.05) is 44.4 Å². The summed E-state index contributed by atoms with van der Waals surface area (Å²) in [5.74, 6) is -13.8. The molecule has 0 saturated carbocycles. The molecule has 0 saturated heterocycles. The van der Waals surface area contributed by atoms with Gasteiger partial charge in [-0.15, -0.1) is 0 Å². The van der Waals surface area contributed by atoms with Gasteiger partial charge in [-0.05, 0) is 13.3 Å². The molecule has 1 rings (SSSR count). The third kappa shape index (κ3) is 9.65. The molecule has 1 atom stereocenters. The van der Waals surface area contributed by atoms with Crippen molar-refractivity contribution in [3.8, 4) is 5.75 Å². The average molecular weight is 511 g/mol. The Hall–Kier alpha value is -2.71. The number of benzene rings is 1. The maximum absolute atomic E-state index is 13.9. The average Bonchev–Trinajstić information content (AvgIpc) is 2.81. The van der Waals surface area contributed by atoms with Crippen molar-refractivity contribution in [2.24, 2.45) is 11.7 Å². The smallest absolute Gasteiger partial charge is 0.322 e. The van der Waals surface area contributed by atoms with Crippen LogP contribution >= 0.6 is 11.8 Å². The number of amides is 2. The van der Waals surface area contributed by atoms with Crippen molar-refractivity contribution in [2.45, 2.75) is 13.3 Å². The fourth-order valence-corrected chi connectivity index (χ4v) is 3.21. The summed E-state index contributed by atoms with van der Waals surface area (Å²) in [6, 6.07) is -0.0569. The van der Waals surface area contributed by atoms with Crippen LogP contribution in [0.2, 0.25) is 0 Å². The SMILES string of the molecule is CCOCCSCC(=O)C(CCNC(=O)CNC(=O)CN)C(=O)Oc1c(F)c(F)cc(F)c1F. The van der Waals surface area contributed by atoms with E-state index in [0.717, 1.165) is 11.8 Å². The van der Waals surface area contributed by atoms with Gasteiger partial charge >= 0.3 is 5.97 Å². The highest BCUT2D eigenvalue weighted by Gasteiger charge is 2.31. The lowest BCUT2D eigenvalue weighted by Crippen LogP contribution is -2.41. The number of ketones is 1. The van der Waals surface area contributed by atoms with Gasteiger partial charge in [0.1, 0.15) is 5.92 Å². The van der Waals surface area contributed by atoms with Crippen molar-refractivity contribution >= 4 is 35.3 Å². The van der Waals surface area contributed by atoms with Crippen molar-refractivity contribution in [1.29, 1.82) is 0 Å². The largest absolute Gasteiger partial charge is 0.419 e. The summed E-state index contributed by atoms with van der Waals surface area (Å²) in [6.07, 6.45) is -0.346. The lowest BCUT2D eigenvalue weighted by molar-refractivity contribution is -0.144. The first-order valence-electron chi connectivity index (χ1n) is 10.1. The fourth-order valence-electron chi connectivity index (χ4n) is 2.43. The van der Waals surface area contributed by atoms with Crippen LogP contribution in [0.5, 0.6) is 5.75 Å². The number of ether oxygens (including phenoxy) is 2. The number of esters is 1. The molecule has 0 fully saturated rings. The second kappa shape index (κ2) is 15.2. The molecule has 0 aliphatic heterocycles. The van der Waals surface area contributed by atoms with E-state index < -0.39 is 65.0 Å². The molecule has 1 unspecified atom stereocenters. The van der Waals surface area contributed by atoms with Gasteiger partial charge in [-0.25, -0.2) is 8.78 Å². The van der Waals surface area contributed by atoms with E-state index in [-0.39, 0.29) is 31.3 Å². The molecule has 1 aromatic carbocycles. The monoisotopic (exact) mass is 511 g/mol. The molecule has 0 heterocycles. The quantitative estimate of drug-likeness (QED) is 0.0781. The molecule has 190 valence electrons. The summed E-state index contributed by atoms with van der Waals surface area (Å²) in [6.45, 7) is 1.60. The number of Topliss-reactive ketones (excluding diaryl/α,β-unsaturated/α-hetero) is 1. The molecule has 14 heteroatoms. The summed E-state index contributed by atoms with van der Waals surface area (Å²) in [4.78, 5) is 47.9. The van der Waals surface area contributed by atoms with Crippen molar-refractivity contribution in [3.05, 3.63) is 29.3 Å². The molecular weight excluding hydrogens is 486 g/mol. The van der Waals surface area contributed by atoms with Gasteiger partial charge in [0, 0.05) is 25.0 Å². The molecule has 34 heavy (non-hydrogen) atoms. The van der Waals surface area contributed by atoms with Crippen LogP contribution in [-0.2, 0) is 23.9 Å². The minimum Gasteiger partial charge on any atom is -0.419 e. The van der Waals surface area contributed by atoms with E-state index in [1.54, 1.807) is 6.92 Å². The van der Waals surface area contributed by atoms with Crippen LogP contribution in [0.1, 0.15) is 13.3 Å². The highest BCUT2D eigenvalue weighted by molar-refractivity contribution is 7.99. The summed E-state index contributed by atoms with van der Waals surface area (Å²) in [7, 11) is 0. The Morgan fingerprint density at radius 3 is 2.29 bits per heavy atom. The van der Waals surface area contributed by atoms with Crippen LogP contribution in [-0.4, -0.2) is 67.9 Å². The fraction of sp³-hybridized carbons (Fsp3) is 0.500. The summed E-state index contributed by atoms with van der Waals surface area (Å²) in [5, 5.41) is 4.55. The lowest BCUT2D eigenvalue weighted by atomic mass is 10.0. The van der Waals surface area contributed by atoms with Gasteiger partial charge in [0.15, 0.2) is 17.4 Å². The Labute approximate surface area is 197 Å². The van der Waals surface area contributed by atoms with E-state index in [4.69, 9.17) is 10.5 Å². The molecule has 0 radical (unpaired) electrons. The van der Waals surface area contributed by atoms with Crippen LogP contribution in [0, 0.1) is 29.2 Å². The molecule has 2 amide bonds. The number of thioether (sulfide) groups is 1. The molecule has 0 aliphatic carbocycles. The molecule has 0 aromatic heterocycles. The van der Waals surface area contributed by atoms with Gasteiger partial charge in [-0.1, -0.05) is 0 Å². The number of rotatable bonds is 15. The Balaban J connectivity index is 2.86. The molecule has 4 N–H and O–H groups in total. The number of carbonyl (C=O) groups is 4. The van der Waals surface area contributed by atoms with Gasteiger partial charge in [0.05, 0.1) is 25.4 Å². The Morgan fingerprint density at radius 1 is 1.06 bits per heavy atom. The van der Waals surface area contributed by atoms with E-state index in [9.17, 15) is 36.7 Å². The second-order valence-electron chi connectivity index (χ2n) is 6.61. The third-order valence-corrected chi connectivity index (χ3v) is 5.10. The standard InChI is InChI=1S/C20H25F4N3O6S/c1-2-32-5-6-34-10-14(28)11(3-4-26-16(30)9-27-15(29)8-25)20(31)33-19-17(23)12(21)7-13(22)18(19)24/h7,11H,2-6,8-10,25H2,1H3,(H,26,30)(H,27,29). The molecule has 0 bridgehead atoms. The van der Waals surface area contributed by atoms with Crippen LogP contribution in [0.4, 0.5) is 17.6 Å². The van der Waals surface area contributed by atoms with Gasteiger partial charge in [0.25, 0.3) is 0 Å². The van der Waals surface area contributed by atoms with Crippen LogP contribution in [0.15, 0.2) is 6.07 Å². The topological polar surface area (TPSA) is 137 Å². The number of nitrogens with two attached hydrogens (primary N) is 1. The molecule has 0 spiro atoms. The predicted molar refractivity (Wildman–Crippen MR) is 114 cm³/mol. The second-order valence-corrected chi connectivity index (χ2v) is 7.71. The maximum atomic E-state index is 13.9. The minimum absolute atomic E-state index is 0.0569. The van der Waals surface area contributed by atoms with Crippen LogP contribution < -0.4 is 21.1 Å². The van der Waals surface area contributed by atoms with E-state index in [0.29, 0.717) is 19.0 Å². The number of nitrogens with one attached hydrogen (secondary N) is 2. The van der Waals surface area contributed by atoms with Gasteiger partial charge < -0.3 is 25.8 Å². The molecule has 9 nitrogen and oxygen atoms in total. The maximum Gasteiger partial charge on any atom is 0.322 e. The summed E-state index contributed by atoms with van der Waals surface area (Å²) < 4.78 is 64.2. The first kappa shape index (κ1) is 29.3. The highest BCUT2D eigenvalue weighted by Crippen LogP contribution is 2.27. The summed E-state index contributed by atoms with van der Waals surface area (Å²) in [5.41, 5.74) is 5.09. The first-order chi connectivity index (χ1) is 16.1. The van der Waals surface area contributed by atoms with Gasteiger partial charge in [0.2, 0.25) is 29.2 Å². The highest BCUT2D eigenvalue weighted by atomic mass is 32.2. The van der Waals surface area contributed by atoms with Crippen LogP contribution in [0.3, 0.4) is 0 Å². The number of hydrogen-bond acceptors (Lipinski definition) is 8. The van der Waals surface area contributed by atoms with Crippen molar-refractivity contribution in [3.63, 3.8) is 0 Å². The van der Waals surface area contributed by atoms with Crippen molar-refractivity contribution in [1.82, 2.24) is 10.6 Å². The zero-order valence-corrected chi connectivity index (χ0v) is 19.1. The molecular formula is C20H25F4N3O6S. The minimum atomic E-state index is -1.94. The van der Waals surface area contributed by atoms with Crippen LogP contribution in [0.25, 0.3) is 0 Å².